The van der Waals surface area contributed by atoms with E-state index >= 15 is 0 Å². The largest absolute Gasteiger partial charge is 0.360 e. The fraction of sp³-hybridized carbons (Fsp3) is 0.625. The lowest BCUT2D eigenvalue weighted by molar-refractivity contribution is -0.140. The summed E-state index contributed by atoms with van der Waals surface area (Å²) in [6, 6.07) is 3.26. The molecule has 2 aliphatic rings. The Bertz CT molecular complexity index is 729. The summed E-state index contributed by atoms with van der Waals surface area (Å²) in [6.07, 6.45) is 3.64. The summed E-state index contributed by atoms with van der Waals surface area (Å²) in [5.74, 6) is -1.44. The first kappa shape index (κ1) is 19.3. The molecule has 26 heavy (non-hydrogen) atoms. The van der Waals surface area contributed by atoms with E-state index in [0.717, 1.165) is 37.0 Å². The molecule has 1 aromatic heterocycles. The zero-order valence-corrected chi connectivity index (χ0v) is 16.0. The van der Waals surface area contributed by atoms with Crippen LogP contribution in [-0.4, -0.2) is 56.5 Å². The summed E-state index contributed by atoms with van der Waals surface area (Å²) < 4.78 is 32.5. The first-order valence-corrected chi connectivity index (χ1v) is 11.1. The van der Waals surface area contributed by atoms with E-state index in [1.165, 1.54) is 4.31 Å². The Kier molecular flexibility index (Phi) is 6.28. The Morgan fingerprint density at radius 1 is 1.23 bits per heavy atom. The van der Waals surface area contributed by atoms with Crippen LogP contribution in [0.5, 0.6) is 0 Å². The third-order valence-electron chi connectivity index (χ3n) is 4.55. The van der Waals surface area contributed by atoms with Crippen LogP contribution in [0.3, 0.4) is 0 Å². The molecule has 144 valence electrons. The van der Waals surface area contributed by atoms with E-state index in [0.29, 0.717) is 19.6 Å². The Labute approximate surface area is 156 Å². The minimum Gasteiger partial charge on any atom is -0.360 e. The minimum absolute atomic E-state index is 0.0508. The summed E-state index contributed by atoms with van der Waals surface area (Å²) in [5.41, 5.74) is 0. The number of nitrogens with one attached hydrogen (secondary N) is 2. The second kappa shape index (κ2) is 8.47. The van der Waals surface area contributed by atoms with E-state index in [4.69, 9.17) is 4.74 Å². The molecule has 1 aromatic rings. The first-order valence-electron chi connectivity index (χ1n) is 8.74. The molecule has 2 fully saturated rings. The number of hydrogen-bond donors (Lipinski definition) is 2. The lowest BCUT2D eigenvalue weighted by Crippen LogP contribution is -2.53. The molecule has 2 N–H and O–H groups in total. The number of ether oxygens (including phenoxy) is 1. The zero-order chi connectivity index (χ0) is 18.6. The highest BCUT2D eigenvalue weighted by Crippen LogP contribution is 2.25. The summed E-state index contributed by atoms with van der Waals surface area (Å²) in [7, 11) is -3.68. The number of rotatable bonds is 5. The van der Waals surface area contributed by atoms with Gasteiger partial charge < -0.3 is 15.4 Å². The Morgan fingerprint density at radius 3 is 2.69 bits per heavy atom. The Hall–Kier alpha value is -1.49. The van der Waals surface area contributed by atoms with Gasteiger partial charge in [0.25, 0.3) is 10.0 Å². The lowest BCUT2D eigenvalue weighted by Gasteiger charge is -2.34. The average molecular weight is 402 g/mol. The number of sulfonamides is 1. The predicted molar refractivity (Wildman–Crippen MR) is 96.0 cm³/mol. The first-order chi connectivity index (χ1) is 12.5. The monoisotopic (exact) mass is 401 g/mol. The molecule has 2 amide bonds. The van der Waals surface area contributed by atoms with Crippen LogP contribution in [0.15, 0.2) is 21.7 Å². The van der Waals surface area contributed by atoms with E-state index in [2.05, 4.69) is 10.6 Å². The summed E-state index contributed by atoms with van der Waals surface area (Å²) in [5, 5.41) is 6.90. The summed E-state index contributed by atoms with van der Waals surface area (Å²) in [4.78, 5) is 24.0. The fourth-order valence-electron chi connectivity index (χ4n) is 3.21. The van der Waals surface area contributed by atoms with Crippen LogP contribution < -0.4 is 10.6 Å². The van der Waals surface area contributed by atoms with Gasteiger partial charge in [-0.15, -0.1) is 11.3 Å². The molecule has 0 unspecified atom stereocenters. The highest BCUT2D eigenvalue weighted by atomic mass is 32.2. The highest BCUT2D eigenvalue weighted by molar-refractivity contribution is 7.91. The molecule has 2 heterocycles. The molecule has 1 aliphatic heterocycles. The van der Waals surface area contributed by atoms with Crippen LogP contribution in [-0.2, 0) is 24.3 Å². The van der Waals surface area contributed by atoms with Gasteiger partial charge in [0.15, 0.2) is 0 Å². The van der Waals surface area contributed by atoms with Crippen molar-refractivity contribution in [2.75, 3.05) is 19.7 Å². The van der Waals surface area contributed by atoms with Crippen molar-refractivity contribution in [1.29, 1.82) is 0 Å². The van der Waals surface area contributed by atoms with E-state index in [9.17, 15) is 18.0 Å². The molecule has 1 saturated carbocycles. The van der Waals surface area contributed by atoms with Crippen LogP contribution in [0.4, 0.5) is 0 Å². The number of nitrogens with zero attached hydrogens (tertiary/aromatic N) is 1. The van der Waals surface area contributed by atoms with Crippen molar-refractivity contribution in [3.8, 4) is 0 Å². The van der Waals surface area contributed by atoms with Crippen LogP contribution in [0.1, 0.15) is 32.1 Å². The number of thiophene rings is 1. The topological polar surface area (TPSA) is 105 Å². The standard InChI is InChI=1S/C16H23N3O5S2/c20-15(16(21)18-12-5-1-2-6-12)17-11-13-19(8-4-9-24-13)26(22,23)14-7-3-10-25-14/h3,7,10,12-13H,1-2,4-6,8-9,11H2,(H,17,20)(H,18,21)/t13-/m1/s1. The number of amides is 2. The van der Waals surface area contributed by atoms with Gasteiger partial charge in [0, 0.05) is 12.6 Å². The molecule has 0 spiro atoms. The van der Waals surface area contributed by atoms with Gasteiger partial charge in [-0.25, -0.2) is 8.42 Å². The average Bonchev–Trinajstić information content (AvgIpc) is 3.33. The van der Waals surface area contributed by atoms with Gasteiger partial charge in [-0.1, -0.05) is 18.9 Å². The van der Waals surface area contributed by atoms with Crippen molar-refractivity contribution >= 4 is 33.2 Å². The van der Waals surface area contributed by atoms with Crippen LogP contribution >= 0.6 is 11.3 Å². The quantitative estimate of drug-likeness (QED) is 0.706. The molecule has 0 bridgehead atoms. The molecule has 10 heteroatoms. The molecule has 3 rings (SSSR count). The summed E-state index contributed by atoms with van der Waals surface area (Å²) in [6.45, 7) is 0.655. The van der Waals surface area contributed by atoms with Crippen molar-refractivity contribution in [1.82, 2.24) is 14.9 Å². The minimum atomic E-state index is -3.68. The molecule has 0 aromatic carbocycles. The lowest BCUT2D eigenvalue weighted by atomic mass is 10.2. The number of carbonyl (C=O) groups is 2. The number of carbonyl (C=O) groups excluding carboxylic acids is 2. The van der Waals surface area contributed by atoms with Crippen LogP contribution in [0, 0.1) is 0 Å². The van der Waals surface area contributed by atoms with E-state index in [-0.39, 0.29) is 16.8 Å². The Balaban J connectivity index is 1.58. The third-order valence-corrected chi connectivity index (χ3v) is 7.81. The SMILES string of the molecule is O=C(NC[C@H]1OCCCN1S(=O)(=O)c1cccs1)C(=O)NC1CCCC1. The molecular formula is C16H23N3O5S2. The zero-order valence-electron chi connectivity index (χ0n) is 14.3. The maximum Gasteiger partial charge on any atom is 0.309 e. The van der Waals surface area contributed by atoms with Gasteiger partial charge in [0.2, 0.25) is 0 Å². The van der Waals surface area contributed by atoms with Crippen molar-refractivity contribution < 1.29 is 22.7 Å². The van der Waals surface area contributed by atoms with E-state index in [1.54, 1.807) is 17.5 Å². The molecular weight excluding hydrogens is 378 g/mol. The van der Waals surface area contributed by atoms with Crippen LogP contribution in [0.25, 0.3) is 0 Å². The summed E-state index contributed by atoms with van der Waals surface area (Å²) >= 11 is 1.14. The van der Waals surface area contributed by atoms with E-state index < -0.39 is 28.1 Å². The maximum absolute atomic E-state index is 12.7. The number of hydrogen-bond acceptors (Lipinski definition) is 6. The van der Waals surface area contributed by atoms with Gasteiger partial charge in [-0.2, -0.15) is 4.31 Å². The van der Waals surface area contributed by atoms with Gasteiger partial charge >= 0.3 is 11.8 Å². The van der Waals surface area contributed by atoms with Gasteiger partial charge in [-0.3, -0.25) is 9.59 Å². The molecule has 0 radical (unpaired) electrons. The fourth-order valence-corrected chi connectivity index (χ4v) is 5.89. The third kappa shape index (κ3) is 4.43. The van der Waals surface area contributed by atoms with Crippen molar-refractivity contribution in [2.24, 2.45) is 0 Å². The van der Waals surface area contributed by atoms with Gasteiger partial charge in [-0.05, 0) is 30.7 Å². The van der Waals surface area contributed by atoms with E-state index in [1.807, 2.05) is 0 Å². The second-order valence-electron chi connectivity index (χ2n) is 6.39. The van der Waals surface area contributed by atoms with Crippen molar-refractivity contribution in [3.63, 3.8) is 0 Å². The smallest absolute Gasteiger partial charge is 0.309 e. The van der Waals surface area contributed by atoms with Gasteiger partial charge in [0.1, 0.15) is 10.4 Å². The molecule has 1 atom stereocenters. The van der Waals surface area contributed by atoms with Gasteiger partial charge in [0.05, 0.1) is 13.2 Å². The molecule has 1 aliphatic carbocycles. The normalized spacial score (nSPS) is 22.2. The van der Waals surface area contributed by atoms with Crippen LogP contribution in [0.2, 0.25) is 0 Å². The molecule has 1 saturated heterocycles. The Morgan fingerprint density at radius 2 is 2.00 bits per heavy atom. The second-order valence-corrected chi connectivity index (χ2v) is 9.46. The predicted octanol–water partition coefficient (Wildman–Crippen LogP) is 0.660. The highest BCUT2D eigenvalue weighted by Gasteiger charge is 2.35. The van der Waals surface area contributed by atoms with Crippen molar-refractivity contribution in [2.45, 2.75) is 48.6 Å². The molecule has 8 nitrogen and oxygen atoms in total. The maximum atomic E-state index is 12.7. The van der Waals surface area contributed by atoms with Crippen molar-refractivity contribution in [3.05, 3.63) is 17.5 Å².